The minimum atomic E-state index is -0.693. The number of benzene rings is 1. The lowest BCUT2D eigenvalue weighted by Gasteiger charge is -2.11. The van der Waals surface area contributed by atoms with Crippen LogP contribution in [0.4, 0.5) is 4.39 Å². The lowest BCUT2D eigenvalue weighted by molar-refractivity contribution is 0.0945. The lowest BCUT2D eigenvalue weighted by atomic mass is 10.1. The summed E-state index contributed by atoms with van der Waals surface area (Å²) in [7, 11) is 3.78. The fourth-order valence-electron chi connectivity index (χ4n) is 2.04. The van der Waals surface area contributed by atoms with Gasteiger partial charge in [0.15, 0.2) is 0 Å². The molecule has 7 heteroatoms. The van der Waals surface area contributed by atoms with Crippen LogP contribution in [0.2, 0.25) is 0 Å². The van der Waals surface area contributed by atoms with Crippen LogP contribution in [0.3, 0.4) is 0 Å². The highest BCUT2D eigenvalue weighted by molar-refractivity contribution is 5.93. The molecule has 0 atom stereocenters. The first-order valence-electron chi connectivity index (χ1n) is 7.17. The fraction of sp³-hybridized carbons (Fsp3) is 0.312. The van der Waals surface area contributed by atoms with Crippen LogP contribution < -0.4 is 11.0 Å². The van der Waals surface area contributed by atoms with Crippen LogP contribution in [-0.2, 0) is 0 Å². The van der Waals surface area contributed by atoms with Gasteiger partial charge in [-0.1, -0.05) is 11.6 Å². The SMILES string of the molecule is Cc1ccc(F)c(-c2cc(C(=O)NCCN(C)C)[nH]c(=O)n2)c1. The Bertz CT molecular complexity index is 771. The topological polar surface area (TPSA) is 78.1 Å². The molecule has 0 aliphatic rings. The van der Waals surface area contributed by atoms with Gasteiger partial charge in [-0.05, 0) is 39.2 Å². The van der Waals surface area contributed by atoms with E-state index in [-0.39, 0.29) is 17.0 Å². The van der Waals surface area contributed by atoms with Crippen LogP contribution in [0.5, 0.6) is 0 Å². The number of H-pyrrole nitrogens is 1. The number of nitrogens with one attached hydrogen (secondary N) is 2. The number of nitrogens with zero attached hydrogens (tertiary/aromatic N) is 2. The quantitative estimate of drug-likeness (QED) is 0.868. The number of amides is 1. The molecule has 122 valence electrons. The van der Waals surface area contributed by atoms with E-state index in [9.17, 15) is 14.0 Å². The van der Waals surface area contributed by atoms with Gasteiger partial charge in [0.05, 0.1) is 5.69 Å². The second-order valence-corrected chi connectivity index (χ2v) is 5.53. The van der Waals surface area contributed by atoms with Gasteiger partial charge in [-0.3, -0.25) is 4.79 Å². The first-order chi connectivity index (χ1) is 10.9. The molecule has 1 aromatic heterocycles. The maximum atomic E-state index is 14.0. The first kappa shape index (κ1) is 16.8. The Balaban J connectivity index is 2.30. The Morgan fingerprint density at radius 2 is 2.09 bits per heavy atom. The van der Waals surface area contributed by atoms with Crippen LogP contribution in [-0.4, -0.2) is 48.0 Å². The number of hydrogen-bond donors (Lipinski definition) is 2. The highest BCUT2D eigenvalue weighted by atomic mass is 19.1. The number of likely N-dealkylation sites (N-methyl/N-ethyl adjacent to an activating group) is 1. The van der Waals surface area contributed by atoms with E-state index in [0.717, 1.165) is 5.56 Å². The number of carbonyl (C=O) groups excluding carboxylic acids is 1. The second-order valence-electron chi connectivity index (χ2n) is 5.53. The summed E-state index contributed by atoms with van der Waals surface area (Å²) >= 11 is 0. The number of carbonyl (C=O) groups is 1. The molecule has 6 nitrogen and oxygen atoms in total. The average Bonchev–Trinajstić information content (AvgIpc) is 2.48. The molecule has 2 rings (SSSR count). The molecule has 0 saturated carbocycles. The van der Waals surface area contributed by atoms with Gasteiger partial charge in [0.1, 0.15) is 11.5 Å². The van der Waals surface area contributed by atoms with E-state index in [4.69, 9.17) is 0 Å². The molecule has 0 unspecified atom stereocenters. The molecule has 2 aromatic rings. The Labute approximate surface area is 133 Å². The van der Waals surface area contributed by atoms with Gasteiger partial charge in [-0.25, -0.2) is 9.18 Å². The van der Waals surface area contributed by atoms with Gasteiger partial charge in [-0.2, -0.15) is 4.98 Å². The maximum Gasteiger partial charge on any atom is 0.346 e. The third kappa shape index (κ3) is 4.46. The molecule has 23 heavy (non-hydrogen) atoms. The lowest BCUT2D eigenvalue weighted by Crippen LogP contribution is -2.33. The molecule has 0 radical (unpaired) electrons. The van der Waals surface area contributed by atoms with Crippen LogP contribution in [0, 0.1) is 12.7 Å². The van der Waals surface area contributed by atoms with Crippen molar-refractivity contribution in [1.82, 2.24) is 20.2 Å². The molecule has 1 amide bonds. The zero-order valence-electron chi connectivity index (χ0n) is 13.3. The van der Waals surface area contributed by atoms with Crippen molar-refractivity contribution >= 4 is 5.91 Å². The molecule has 1 aromatic carbocycles. The van der Waals surface area contributed by atoms with Crippen LogP contribution in [0.1, 0.15) is 16.1 Å². The first-order valence-corrected chi connectivity index (χ1v) is 7.17. The number of halogens is 1. The molecular formula is C16H19FN4O2. The number of aryl methyl sites for hydroxylation is 1. The number of aromatic amines is 1. The van der Waals surface area contributed by atoms with Crippen molar-refractivity contribution in [2.45, 2.75) is 6.92 Å². The van der Waals surface area contributed by atoms with E-state index < -0.39 is 17.4 Å². The summed E-state index contributed by atoms with van der Waals surface area (Å²) < 4.78 is 14.0. The van der Waals surface area contributed by atoms with Crippen LogP contribution in [0.25, 0.3) is 11.3 Å². The summed E-state index contributed by atoms with van der Waals surface area (Å²) in [4.78, 5) is 31.8. The van der Waals surface area contributed by atoms with E-state index in [1.807, 2.05) is 25.9 Å². The highest BCUT2D eigenvalue weighted by Gasteiger charge is 2.13. The van der Waals surface area contributed by atoms with E-state index >= 15 is 0 Å². The molecule has 0 spiro atoms. The molecule has 2 N–H and O–H groups in total. The van der Waals surface area contributed by atoms with E-state index in [1.54, 1.807) is 12.1 Å². The smallest absolute Gasteiger partial charge is 0.346 e. The average molecular weight is 318 g/mol. The Kier molecular flexibility index (Phi) is 5.23. The Morgan fingerprint density at radius 1 is 1.35 bits per heavy atom. The van der Waals surface area contributed by atoms with Gasteiger partial charge in [0.2, 0.25) is 0 Å². The molecule has 0 saturated heterocycles. The predicted octanol–water partition coefficient (Wildman–Crippen LogP) is 1.18. The largest absolute Gasteiger partial charge is 0.349 e. The van der Waals surface area contributed by atoms with Crippen molar-refractivity contribution < 1.29 is 9.18 Å². The summed E-state index contributed by atoms with van der Waals surface area (Å²) in [5.74, 6) is -0.923. The summed E-state index contributed by atoms with van der Waals surface area (Å²) in [6.45, 7) is 2.91. The third-order valence-electron chi connectivity index (χ3n) is 3.23. The van der Waals surface area contributed by atoms with E-state index in [1.165, 1.54) is 12.1 Å². The van der Waals surface area contributed by atoms with Crippen LogP contribution >= 0.6 is 0 Å². The van der Waals surface area contributed by atoms with E-state index in [0.29, 0.717) is 13.1 Å². The minimum absolute atomic E-state index is 0.0552. The van der Waals surface area contributed by atoms with Gasteiger partial charge in [0.25, 0.3) is 5.91 Å². The van der Waals surface area contributed by atoms with Crippen molar-refractivity contribution in [3.8, 4) is 11.3 Å². The van der Waals surface area contributed by atoms with Gasteiger partial charge >= 0.3 is 5.69 Å². The van der Waals surface area contributed by atoms with Crippen molar-refractivity contribution in [3.63, 3.8) is 0 Å². The molecule has 1 heterocycles. The van der Waals surface area contributed by atoms with Crippen molar-refractivity contribution in [2.24, 2.45) is 0 Å². The van der Waals surface area contributed by atoms with Gasteiger partial charge in [0, 0.05) is 18.7 Å². The molecule has 0 aliphatic heterocycles. The second kappa shape index (κ2) is 7.15. The van der Waals surface area contributed by atoms with E-state index in [2.05, 4.69) is 15.3 Å². The van der Waals surface area contributed by atoms with Gasteiger partial charge in [-0.15, -0.1) is 0 Å². The highest BCUT2D eigenvalue weighted by Crippen LogP contribution is 2.21. The summed E-state index contributed by atoms with van der Waals surface area (Å²) in [6.07, 6.45) is 0. The Hall–Kier alpha value is -2.54. The summed E-state index contributed by atoms with van der Waals surface area (Å²) in [5, 5.41) is 2.69. The van der Waals surface area contributed by atoms with Crippen LogP contribution in [0.15, 0.2) is 29.1 Å². The monoisotopic (exact) mass is 318 g/mol. The molecule has 0 fully saturated rings. The normalized spacial score (nSPS) is 10.8. The summed E-state index contributed by atoms with van der Waals surface area (Å²) in [6, 6.07) is 5.90. The third-order valence-corrected chi connectivity index (χ3v) is 3.23. The van der Waals surface area contributed by atoms with Gasteiger partial charge < -0.3 is 15.2 Å². The number of hydrogen-bond acceptors (Lipinski definition) is 4. The maximum absolute atomic E-state index is 14.0. The predicted molar refractivity (Wildman–Crippen MR) is 85.9 cm³/mol. The standard InChI is InChI=1S/C16H19FN4O2/c1-10-4-5-12(17)11(8-10)13-9-14(20-16(23)19-13)15(22)18-6-7-21(2)3/h4-5,8-9H,6-7H2,1-3H3,(H,18,22)(H,19,20,23). The molecule has 0 aliphatic carbocycles. The molecular weight excluding hydrogens is 299 g/mol. The zero-order valence-corrected chi connectivity index (χ0v) is 13.3. The van der Waals surface area contributed by atoms with Crippen molar-refractivity contribution in [3.05, 3.63) is 51.8 Å². The van der Waals surface area contributed by atoms with Crippen molar-refractivity contribution in [2.75, 3.05) is 27.2 Å². The zero-order chi connectivity index (χ0) is 17.0. The number of rotatable bonds is 5. The fourth-order valence-corrected chi connectivity index (χ4v) is 2.04. The summed E-state index contributed by atoms with van der Waals surface area (Å²) in [5.41, 5.74) is 0.521. The Morgan fingerprint density at radius 3 is 2.78 bits per heavy atom. The minimum Gasteiger partial charge on any atom is -0.349 e. The van der Waals surface area contributed by atoms with Crippen molar-refractivity contribution in [1.29, 1.82) is 0 Å². The number of aromatic nitrogens is 2. The molecule has 0 bridgehead atoms.